The van der Waals surface area contributed by atoms with Crippen LogP contribution in [0.5, 0.6) is 0 Å². The molecule has 2 aliphatic carbocycles. The summed E-state index contributed by atoms with van der Waals surface area (Å²) in [4.78, 5) is 66.4. The zero-order chi connectivity index (χ0) is 39.1. The summed E-state index contributed by atoms with van der Waals surface area (Å²) in [6, 6.07) is 7.74. The Labute approximate surface area is 331 Å². The quantitative estimate of drug-likeness (QED) is 0.208. The molecule has 0 radical (unpaired) electrons. The van der Waals surface area contributed by atoms with E-state index in [2.05, 4.69) is 55.7 Å². The zero-order valence-electron chi connectivity index (χ0n) is 32.8. The minimum atomic E-state index is -0.586. The second kappa shape index (κ2) is 13.7. The number of aromatic nitrogens is 5. The first-order valence-corrected chi connectivity index (χ1v) is 20.7. The molecule has 5 fully saturated rings. The van der Waals surface area contributed by atoms with E-state index in [1.54, 1.807) is 22.7 Å². The Morgan fingerprint density at radius 2 is 1.74 bits per heavy atom. The summed E-state index contributed by atoms with van der Waals surface area (Å²) in [5.41, 5.74) is 4.44. The number of likely N-dealkylation sites (tertiary alicyclic amines) is 1. The van der Waals surface area contributed by atoms with Gasteiger partial charge in [0.25, 0.3) is 11.5 Å². The van der Waals surface area contributed by atoms with E-state index in [0.717, 1.165) is 68.8 Å². The van der Waals surface area contributed by atoms with E-state index < -0.39 is 6.04 Å². The van der Waals surface area contributed by atoms with Crippen LogP contribution in [0.3, 0.4) is 0 Å². The summed E-state index contributed by atoms with van der Waals surface area (Å²) < 4.78 is 3.66. The van der Waals surface area contributed by atoms with Crippen LogP contribution in [0.15, 0.2) is 47.7 Å². The highest BCUT2D eigenvalue weighted by molar-refractivity contribution is 6.05. The van der Waals surface area contributed by atoms with E-state index in [1.807, 2.05) is 18.3 Å². The molecule has 3 N–H and O–H groups in total. The minimum absolute atomic E-state index is 0.0403. The van der Waals surface area contributed by atoms with Crippen molar-refractivity contribution in [2.75, 3.05) is 48.3 Å². The van der Waals surface area contributed by atoms with Crippen LogP contribution in [0.2, 0.25) is 0 Å². The summed E-state index contributed by atoms with van der Waals surface area (Å²) in [5.74, 6) is 0.965. The number of fused-ring (bicyclic) bond motifs is 2. The van der Waals surface area contributed by atoms with E-state index in [4.69, 9.17) is 15.1 Å². The second-order valence-electron chi connectivity index (χ2n) is 18.0. The lowest BCUT2D eigenvalue weighted by atomic mass is 9.71. The maximum Gasteiger partial charge on any atom is 0.263 e. The van der Waals surface area contributed by atoms with Crippen molar-refractivity contribution in [3.8, 4) is 0 Å². The van der Waals surface area contributed by atoms with Gasteiger partial charge in [-0.05, 0) is 114 Å². The van der Waals surface area contributed by atoms with Gasteiger partial charge in [0.05, 0.1) is 23.4 Å². The van der Waals surface area contributed by atoms with Gasteiger partial charge in [-0.1, -0.05) is 0 Å². The molecule has 3 saturated heterocycles. The number of pyridine rings is 1. The fourth-order valence-corrected chi connectivity index (χ4v) is 9.90. The lowest BCUT2D eigenvalue weighted by molar-refractivity contribution is -0.136. The fraction of sp³-hybridized carbons (Fsp3) is 0.548. The number of piperidine rings is 2. The summed E-state index contributed by atoms with van der Waals surface area (Å²) in [6.45, 7) is 8.10. The molecule has 2 saturated carbocycles. The van der Waals surface area contributed by atoms with Gasteiger partial charge in [0.1, 0.15) is 17.2 Å². The third-order valence-corrected chi connectivity index (χ3v) is 13.8. The van der Waals surface area contributed by atoms with Crippen LogP contribution in [0, 0.1) is 11.3 Å². The van der Waals surface area contributed by atoms with Crippen LogP contribution in [-0.4, -0.2) is 96.1 Å². The number of carbonyl (C=O) groups is 3. The number of carbonyl (C=O) groups excluding carboxylic acids is 3. The number of nitrogens with one attached hydrogen (secondary N) is 3. The van der Waals surface area contributed by atoms with Crippen molar-refractivity contribution in [3.63, 3.8) is 0 Å². The first-order chi connectivity index (χ1) is 27.5. The third kappa shape index (κ3) is 6.83. The van der Waals surface area contributed by atoms with Crippen LogP contribution < -0.4 is 26.4 Å². The minimum Gasteiger partial charge on any atom is -0.370 e. The highest BCUT2D eigenvalue weighted by Crippen LogP contribution is 2.44. The summed E-state index contributed by atoms with van der Waals surface area (Å²) >= 11 is 0. The summed E-state index contributed by atoms with van der Waals surface area (Å²) in [6.07, 6.45) is 15.4. The van der Waals surface area contributed by atoms with Crippen molar-refractivity contribution in [2.24, 2.45) is 18.4 Å². The molecule has 0 bridgehead atoms. The number of hydrogen-bond donors (Lipinski definition) is 3. The highest BCUT2D eigenvalue weighted by Gasteiger charge is 2.46. The molecule has 6 aliphatic rings. The standard InChI is InChI=1S/C42H51N11O4/c1-41(12-13-41)48-36-35-32(11-16-49(2)39(35)57)45-40(47-36)44-28-20-43-53(23-28)29-5-3-26(4-6-29)21-50-17-14-42(15-18-50)24-51(25-42)30-7-8-31-27(19-30)22-52(38(31)56)33-9-10-34(54)46-37(33)55/h7-8,11,16,19-20,23,26,29,33H,3-6,9-10,12-15,17-18,21-22,24-25H2,1-2H3,(H,46,54,55)(H2,44,45,47,48). The van der Waals surface area contributed by atoms with E-state index in [-0.39, 0.29) is 35.2 Å². The van der Waals surface area contributed by atoms with E-state index in [1.165, 1.54) is 32.2 Å². The second-order valence-corrected chi connectivity index (χ2v) is 18.0. The monoisotopic (exact) mass is 773 g/mol. The van der Waals surface area contributed by atoms with Gasteiger partial charge >= 0.3 is 0 Å². The Balaban J connectivity index is 0.692. The van der Waals surface area contributed by atoms with Crippen molar-refractivity contribution in [2.45, 2.75) is 95.3 Å². The SMILES string of the molecule is Cn1ccc2nc(Nc3cnn(C4CCC(CN5CCC6(CC5)CN(c5ccc7c(c5)CN(C5CCC(=O)NC5=O)C7=O)C6)CC4)c3)nc(NC3(C)CC3)c2c1=O. The van der Waals surface area contributed by atoms with Crippen molar-refractivity contribution < 1.29 is 14.4 Å². The van der Waals surface area contributed by atoms with Gasteiger partial charge in [0.2, 0.25) is 17.8 Å². The number of benzene rings is 1. The number of nitrogens with zero attached hydrogens (tertiary/aromatic N) is 8. The Bertz CT molecular complexity index is 2330. The Morgan fingerprint density at radius 1 is 0.947 bits per heavy atom. The normalized spacial score (nSPS) is 25.4. The molecule has 1 aromatic carbocycles. The lowest BCUT2D eigenvalue weighted by Crippen LogP contribution is -2.60. The Kier molecular flexibility index (Phi) is 8.65. The highest BCUT2D eigenvalue weighted by atomic mass is 16.2. The first kappa shape index (κ1) is 36.1. The molecule has 298 valence electrons. The maximum absolute atomic E-state index is 13.2. The van der Waals surface area contributed by atoms with E-state index >= 15 is 0 Å². The average Bonchev–Trinajstić information content (AvgIpc) is 3.57. The van der Waals surface area contributed by atoms with Crippen molar-refractivity contribution >= 4 is 51.8 Å². The van der Waals surface area contributed by atoms with Gasteiger partial charge in [-0.3, -0.25) is 29.2 Å². The van der Waals surface area contributed by atoms with E-state index in [9.17, 15) is 19.2 Å². The Hall–Kier alpha value is -5.31. The molecule has 15 heteroatoms. The van der Waals surface area contributed by atoms with Crippen LogP contribution in [-0.2, 0) is 23.2 Å². The fourth-order valence-electron chi connectivity index (χ4n) is 9.90. The molecule has 1 atom stereocenters. The molecule has 4 aromatic rings. The van der Waals surface area contributed by atoms with Gasteiger partial charge < -0.3 is 29.9 Å². The van der Waals surface area contributed by atoms with E-state index in [0.29, 0.717) is 58.6 Å². The number of aryl methyl sites for hydroxylation is 1. The van der Waals surface area contributed by atoms with Gasteiger partial charge in [0, 0.05) is 74.2 Å². The molecule has 3 aromatic heterocycles. The van der Waals surface area contributed by atoms with Gasteiger partial charge in [0.15, 0.2) is 0 Å². The molecular weight excluding hydrogens is 723 g/mol. The number of hydrogen-bond acceptors (Lipinski definition) is 11. The number of imide groups is 1. The number of amides is 3. The topological polar surface area (TPSA) is 163 Å². The smallest absolute Gasteiger partial charge is 0.263 e. The first-order valence-electron chi connectivity index (χ1n) is 20.7. The molecular formula is C42H51N11O4. The number of rotatable bonds is 9. The molecule has 57 heavy (non-hydrogen) atoms. The molecule has 7 heterocycles. The van der Waals surface area contributed by atoms with Crippen molar-refractivity contribution in [3.05, 3.63) is 64.3 Å². The van der Waals surface area contributed by atoms with Gasteiger partial charge in [-0.15, -0.1) is 0 Å². The third-order valence-electron chi connectivity index (χ3n) is 13.8. The van der Waals surface area contributed by atoms with Gasteiger partial charge in [-0.25, -0.2) is 4.98 Å². The molecule has 1 spiro atoms. The summed E-state index contributed by atoms with van der Waals surface area (Å²) in [7, 11) is 1.75. The molecule has 10 rings (SSSR count). The molecule has 3 amide bonds. The Morgan fingerprint density at radius 3 is 2.49 bits per heavy atom. The predicted octanol–water partition coefficient (Wildman–Crippen LogP) is 4.33. The molecule has 1 unspecified atom stereocenters. The van der Waals surface area contributed by atoms with Crippen LogP contribution in [0.1, 0.15) is 93.1 Å². The zero-order valence-corrected chi connectivity index (χ0v) is 32.8. The number of anilines is 4. The molecule has 15 nitrogen and oxygen atoms in total. The largest absolute Gasteiger partial charge is 0.370 e. The summed E-state index contributed by atoms with van der Waals surface area (Å²) in [5, 5.41) is 14.5. The van der Waals surface area contributed by atoms with Crippen LogP contribution in [0.25, 0.3) is 10.9 Å². The van der Waals surface area contributed by atoms with Crippen molar-refractivity contribution in [1.29, 1.82) is 0 Å². The maximum atomic E-state index is 13.2. The van der Waals surface area contributed by atoms with Crippen LogP contribution >= 0.6 is 0 Å². The molecule has 4 aliphatic heterocycles. The lowest BCUT2D eigenvalue weighted by Gasteiger charge is -2.55. The van der Waals surface area contributed by atoms with Crippen molar-refractivity contribution in [1.82, 2.24) is 39.4 Å². The average molecular weight is 774 g/mol. The van der Waals surface area contributed by atoms with Gasteiger partial charge in [-0.2, -0.15) is 10.1 Å². The predicted molar refractivity (Wildman–Crippen MR) is 215 cm³/mol. The van der Waals surface area contributed by atoms with Crippen LogP contribution in [0.4, 0.5) is 23.1 Å².